The molecule has 1 aliphatic heterocycles. The predicted molar refractivity (Wildman–Crippen MR) is 67.8 cm³/mol. The number of allylic oxidation sites excluding steroid dienone is 1. The number of rotatable bonds is 0. The number of hydrogen-bond acceptors (Lipinski definition) is 2. The molecule has 2 fully saturated rings. The Balaban J connectivity index is 1.93. The molecular formula is C14H23NO2. The summed E-state index contributed by atoms with van der Waals surface area (Å²) >= 11 is 0. The maximum atomic E-state index is 12.0. The van der Waals surface area contributed by atoms with Gasteiger partial charge in [-0.2, -0.15) is 0 Å². The van der Waals surface area contributed by atoms with E-state index in [4.69, 9.17) is 4.74 Å². The van der Waals surface area contributed by atoms with Gasteiger partial charge in [-0.3, -0.25) is 0 Å². The van der Waals surface area contributed by atoms with Crippen molar-refractivity contribution in [2.45, 2.75) is 45.6 Å². The highest BCUT2D eigenvalue weighted by atomic mass is 16.6. The van der Waals surface area contributed by atoms with Crippen LogP contribution in [0.3, 0.4) is 0 Å². The molecule has 0 aromatic rings. The van der Waals surface area contributed by atoms with E-state index in [0.29, 0.717) is 11.8 Å². The molecule has 2 rings (SSSR count). The van der Waals surface area contributed by atoms with Gasteiger partial charge in [0.05, 0.1) is 0 Å². The lowest BCUT2D eigenvalue weighted by molar-refractivity contribution is 0.0284. The van der Waals surface area contributed by atoms with Crippen LogP contribution < -0.4 is 0 Å². The van der Waals surface area contributed by atoms with Gasteiger partial charge < -0.3 is 9.64 Å². The van der Waals surface area contributed by atoms with Crippen molar-refractivity contribution < 1.29 is 9.53 Å². The summed E-state index contributed by atoms with van der Waals surface area (Å²) in [6.45, 7) is 11.5. The highest BCUT2D eigenvalue weighted by molar-refractivity contribution is 5.68. The van der Waals surface area contributed by atoms with Gasteiger partial charge in [0, 0.05) is 13.1 Å². The molecule has 3 nitrogen and oxygen atoms in total. The van der Waals surface area contributed by atoms with E-state index < -0.39 is 5.60 Å². The zero-order valence-electron chi connectivity index (χ0n) is 11.2. The first-order valence-electron chi connectivity index (χ1n) is 6.50. The first-order valence-corrected chi connectivity index (χ1v) is 6.50. The van der Waals surface area contributed by atoms with Gasteiger partial charge >= 0.3 is 6.09 Å². The van der Waals surface area contributed by atoms with Gasteiger partial charge in [0.2, 0.25) is 0 Å². The Morgan fingerprint density at radius 1 is 1.35 bits per heavy atom. The average molecular weight is 237 g/mol. The number of ether oxygens (including phenoxy) is 1. The van der Waals surface area contributed by atoms with Gasteiger partial charge in [-0.05, 0) is 51.9 Å². The molecule has 3 heteroatoms. The summed E-state index contributed by atoms with van der Waals surface area (Å²) in [5.41, 5.74) is 0.950. The fourth-order valence-corrected chi connectivity index (χ4v) is 2.83. The Morgan fingerprint density at radius 3 is 2.65 bits per heavy atom. The summed E-state index contributed by atoms with van der Waals surface area (Å²) in [6.07, 6.45) is 3.24. The quantitative estimate of drug-likeness (QED) is 0.605. The van der Waals surface area contributed by atoms with Crippen molar-refractivity contribution in [1.82, 2.24) is 4.90 Å². The minimum absolute atomic E-state index is 0.155. The minimum atomic E-state index is -0.394. The van der Waals surface area contributed by atoms with Crippen LogP contribution in [0.2, 0.25) is 0 Å². The summed E-state index contributed by atoms with van der Waals surface area (Å²) in [4.78, 5) is 13.8. The molecule has 0 aromatic heterocycles. The fourth-order valence-electron chi connectivity index (χ4n) is 2.83. The van der Waals surface area contributed by atoms with E-state index >= 15 is 0 Å². The van der Waals surface area contributed by atoms with Crippen molar-refractivity contribution in [3.63, 3.8) is 0 Å². The number of carbonyl (C=O) groups is 1. The maximum Gasteiger partial charge on any atom is 0.410 e. The van der Waals surface area contributed by atoms with Crippen LogP contribution in [-0.2, 0) is 4.74 Å². The standard InChI is InChI=1S/C14H23NO2/c1-10-5-6-11-8-15(9-12(11)7-10)13(16)17-14(2,3)4/h11-12H,1,5-9H2,2-4H3. The van der Waals surface area contributed by atoms with Crippen LogP contribution in [0.15, 0.2) is 12.2 Å². The van der Waals surface area contributed by atoms with E-state index in [2.05, 4.69) is 6.58 Å². The third-order valence-electron chi connectivity index (χ3n) is 3.65. The minimum Gasteiger partial charge on any atom is -0.444 e. The molecule has 0 spiro atoms. The van der Waals surface area contributed by atoms with E-state index in [0.717, 1.165) is 25.9 Å². The van der Waals surface area contributed by atoms with Crippen LogP contribution in [0.25, 0.3) is 0 Å². The molecule has 1 aliphatic carbocycles. The van der Waals surface area contributed by atoms with Crippen LogP contribution in [0, 0.1) is 11.8 Å². The second-order valence-corrected chi connectivity index (χ2v) is 6.40. The number of fused-ring (bicyclic) bond motifs is 1. The summed E-state index contributed by atoms with van der Waals surface area (Å²) in [5.74, 6) is 1.27. The van der Waals surface area contributed by atoms with Crippen molar-refractivity contribution in [1.29, 1.82) is 0 Å². The third kappa shape index (κ3) is 3.02. The van der Waals surface area contributed by atoms with Crippen LogP contribution in [0.5, 0.6) is 0 Å². The highest BCUT2D eigenvalue weighted by Crippen LogP contribution is 2.38. The van der Waals surface area contributed by atoms with E-state index in [1.807, 2.05) is 25.7 Å². The van der Waals surface area contributed by atoms with E-state index in [1.54, 1.807) is 0 Å². The van der Waals surface area contributed by atoms with Crippen molar-refractivity contribution in [3.05, 3.63) is 12.2 Å². The van der Waals surface area contributed by atoms with E-state index in [-0.39, 0.29) is 6.09 Å². The van der Waals surface area contributed by atoms with Gasteiger partial charge in [0.1, 0.15) is 5.60 Å². The number of likely N-dealkylation sites (tertiary alicyclic amines) is 1. The van der Waals surface area contributed by atoms with Gasteiger partial charge in [0.15, 0.2) is 0 Å². The second kappa shape index (κ2) is 4.35. The normalized spacial score (nSPS) is 29.1. The zero-order valence-corrected chi connectivity index (χ0v) is 11.2. The molecule has 0 aromatic carbocycles. The Hall–Kier alpha value is -0.990. The number of carbonyl (C=O) groups excluding carboxylic acids is 1. The Kier molecular flexibility index (Phi) is 3.19. The van der Waals surface area contributed by atoms with Crippen molar-refractivity contribution in [3.8, 4) is 0 Å². The van der Waals surface area contributed by atoms with Crippen LogP contribution in [0.1, 0.15) is 40.0 Å². The maximum absolute atomic E-state index is 12.0. The topological polar surface area (TPSA) is 29.5 Å². The lowest BCUT2D eigenvalue weighted by Gasteiger charge is -2.24. The molecule has 1 heterocycles. The van der Waals surface area contributed by atoms with Crippen LogP contribution in [0.4, 0.5) is 4.79 Å². The van der Waals surface area contributed by atoms with Gasteiger partial charge in [0.25, 0.3) is 0 Å². The Labute approximate surface area is 104 Å². The molecule has 1 amide bonds. The number of hydrogen-bond donors (Lipinski definition) is 0. The van der Waals surface area contributed by atoms with Crippen molar-refractivity contribution >= 4 is 6.09 Å². The Bertz CT molecular complexity index is 330. The van der Waals surface area contributed by atoms with E-state index in [9.17, 15) is 4.79 Å². The lowest BCUT2D eigenvalue weighted by atomic mass is 9.80. The van der Waals surface area contributed by atoms with E-state index in [1.165, 1.54) is 12.0 Å². The fraction of sp³-hybridized carbons (Fsp3) is 0.786. The summed E-state index contributed by atoms with van der Waals surface area (Å²) in [6, 6.07) is 0. The summed E-state index contributed by atoms with van der Waals surface area (Å²) < 4.78 is 5.42. The van der Waals surface area contributed by atoms with Gasteiger partial charge in [-0.1, -0.05) is 12.2 Å². The molecule has 2 aliphatic rings. The molecular weight excluding hydrogens is 214 g/mol. The molecule has 0 N–H and O–H groups in total. The average Bonchev–Trinajstić information content (AvgIpc) is 2.57. The lowest BCUT2D eigenvalue weighted by Crippen LogP contribution is -2.35. The summed E-state index contributed by atoms with van der Waals surface area (Å²) in [7, 11) is 0. The monoisotopic (exact) mass is 237 g/mol. The number of amides is 1. The molecule has 0 bridgehead atoms. The van der Waals surface area contributed by atoms with Crippen molar-refractivity contribution in [2.75, 3.05) is 13.1 Å². The van der Waals surface area contributed by atoms with Gasteiger partial charge in [-0.15, -0.1) is 0 Å². The molecule has 1 saturated carbocycles. The smallest absolute Gasteiger partial charge is 0.410 e. The highest BCUT2D eigenvalue weighted by Gasteiger charge is 2.38. The van der Waals surface area contributed by atoms with Crippen molar-refractivity contribution in [2.24, 2.45) is 11.8 Å². The molecule has 96 valence electrons. The molecule has 2 unspecified atom stereocenters. The Morgan fingerprint density at radius 2 is 2.00 bits per heavy atom. The van der Waals surface area contributed by atoms with Gasteiger partial charge in [-0.25, -0.2) is 4.79 Å². The SMILES string of the molecule is C=C1CCC2CN(C(=O)OC(C)(C)C)CC2C1. The molecule has 2 atom stereocenters. The first kappa shape index (κ1) is 12.5. The second-order valence-electron chi connectivity index (χ2n) is 6.40. The number of nitrogens with zero attached hydrogens (tertiary/aromatic N) is 1. The molecule has 0 radical (unpaired) electrons. The van der Waals surface area contributed by atoms with Crippen LogP contribution >= 0.6 is 0 Å². The predicted octanol–water partition coefficient (Wildman–Crippen LogP) is 3.21. The molecule has 17 heavy (non-hydrogen) atoms. The third-order valence-corrected chi connectivity index (χ3v) is 3.65. The first-order chi connectivity index (χ1) is 7.85. The molecule has 1 saturated heterocycles. The summed E-state index contributed by atoms with van der Waals surface area (Å²) in [5, 5.41) is 0. The zero-order chi connectivity index (χ0) is 12.6. The van der Waals surface area contributed by atoms with Crippen LogP contribution in [-0.4, -0.2) is 29.7 Å². The largest absolute Gasteiger partial charge is 0.444 e.